The molecule has 1 aliphatic rings. The van der Waals surface area contributed by atoms with Gasteiger partial charge in [-0.15, -0.1) is 0 Å². The van der Waals surface area contributed by atoms with Crippen molar-refractivity contribution in [1.29, 1.82) is 0 Å². The van der Waals surface area contributed by atoms with Gasteiger partial charge in [-0.05, 0) is 12.1 Å². The van der Waals surface area contributed by atoms with Crippen LogP contribution in [0.1, 0.15) is 0 Å². The van der Waals surface area contributed by atoms with Gasteiger partial charge in [-0.25, -0.2) is 9.18 Å². The van der Waals surface area contributed by atoms with E-state index in [9.17, 15) is 9.59 Å². The van der Waals surface area contributed by atoms with Gasteiger partial charge in [0.2, 0.25) is 5.78 Å². The number of ether oxygens (including phenoxy) is 1. The van der Waals surface area contributed by atoms with E-state index in [4.69, 9.17) is 4.74 Å². The molecule has 0 radical (unpaired) electrons. The summed E-state index contributed by atoms with van der Waals surface area (Å²) in [6.45, 7) is 3.63. The number of morpholine rings is 1. The molecule has 0 atom stereocenters. The van der Waals surface area contributed by atoms with Crippen LogP contribution >= 0.6 is 0 Å². The fraction of sp³-hybridized carbons (Fsp3) is 0.269. The van der Waals surface area contributed by atoms with Gasteiger partial charge in [-0.2, -0.15) is 4.98 Å². The molecule has 0 spiro atoms. The average molecular weight is 489 g/mol. The molecular weight excluding hydrogens is 463 g/mol. The van der Waals surface area contributed by atoms with Crippen molar-refractivity contribution < 1.29 is 9.13 Å². The number of hydrogen-bond donors (Lipinski definition) is 0. The Morgan fingerprint density at radius 2 is 1.69 bits per heavy atom. The van der Waals surface area contributed by atoms with E-state index >= 15 is 4.39 Å². The number of aromatic nitrogens is 5. The normalized spacial score (nSPS) is 14.7. The maximum atomic E-state index is 15.0. The van der Waals surface area contributed by atoms with Gasteiger partial charge in [0, 0.05) is 45.0 Å². The standard InChI is InChI=1S/C26H25FN6O3/c1-29-23-22(24(34)31(26(29)35)12-11-30-13-15-36-16-14-30)32-17-21(18-7-3-2-4-8-18)33(25(32)28-23)20-10-6-5-9-19(20)27/h2-10,17H,11-16H2,1H3. The number of rotatable bonds is 5. The highest BCUT2D eigenvalue weighted by Crippen LogP contribution is 2.29. The molecule has 4 heterocycles. The Balaban J connectivity index is 1.59. The third-order valence-corrected chi connectivity index (χ3v) is 6.76. The third-order valence-electron chi connectivity index (χ3n) is 6.76. The van der Waals surface area contributed by atoms with E-state index in [0.29, 0.717) is 36.9 Å². The molecule has 1 saturated heterocycles. The van der Waals surface area contributed by atoms with Crippen molar-refractivity contribution in [3.63, 3.8) is 0 Å². The predicted molar refractivity (Wildman–Crippen MR) is 134 cm³/mol. The number of imidazole rings is 2. The van der Waals surface area contributed by atoms with Crippen LogP contribution in [-0.2, 0) is 18.3 Å². The molecule has 1 fully saturated rings. The maximum Gasteiger partial charge on any atom is 0.332 e. The number of aryl methyl sites for hydroxylation is 1. The lowest BCUT2D eigenvalue weighted by atomic mass is 10.1. The van der Waals surface area contributed by atoms with Crippen LogP contribution in [0.3, 0.4) is 0 Å². The first-order valence-corrected chi connectivity index (χ1v) is 11.9. The van der Waals surface area contributed by atoms with Crippen molar-refractivity contribution >= 4 is 16.9 Å². The molecule has 0 unspecified atom stereocenters. The van der Waals surface area contributed by atoms with Crippen molar-refractivity contribution in [3.8, 4) is 16.9 Å². The second-order valence-corrected chi connectivity index (χ2v) is 8.87. The van der Waals surface area contributed by atoms with Crippen LogP contribution < -0.4 is 11.2 Å². The zero-order chi connectivity index (χ0) is 24.8. The highest BCUT2D eigenvalue weighted by molar-refractivity contribution is 5.79. The van der Waals surface area contributed by atoms with Gasteiger partial charge in [0.25, 0.3) is 5.56 Å². The van der Waals surface area contributed by atoms with Crippen LogP contribution in [0.25, 0.3) is 33.9 Å². The van der Waals surface area contributed by atoms with Crippen molar-refractivity contribution in [2.24, 2.45) is 7.05 Å². The lowest BCUT2D eigenvalue weighted by molar-refractivity contribution is 0.0361. The molecule has 36 heavy (non-hydrogen) atoms. The SMILES string of the molecule is Cn1c(=O)n(CCN2CCOCC2)c(=O)c2c1nc1n(-c3ccccc3F)c(-c3ccccc3)cn21. The summed E-state index contributed by atoms with van der Waals surface area (Å²) in [5.74, 6) is -0.0661. The molecule has 10 heteroatoms. The number of fused-ring (bicyclic) bond motifs is 3. The van der Waals surface area contributed by atoms with E-state index in [0.717, 1.165) is 18.7 Å². The zero-order valence-electron chi connectivity index (χ0n) is 19.8. The van der Waals surface area contributed by atoms with Crippen molar-refractivity contribution in [1.82, 2.24) is 28.0 Å². The van der Waals surface area contributed by atoms with E-state index in [1.54, 1.807) is 40.4 Å². The van der Waals surface area contributed by atoms with Crippen molar-refractivity contribution in [2.75, 3.05) is 32.8 Å². The van der Waals surface area contributed by atoms with Gasteiger partial charge in [-0.1, -0.05) is 42.5 Å². The van der Waals surface area contributed by atoms with Crippen LogP contribution in [-0.4, -0.2) is 60.8 Å². The molecule has 0 N–H and O–H groups in total. The molecule has 3 aromatic heterocycles. The summed E-state index contributed by atoms with van der Waals surface area (Å²) in [5, 5.41) is 0. The molecule has 1 aliphatic heterocycles. The molecule has 0 aliphatic carbocycles. The first-order valence-electron chi connectivity index (χ1n) is 11.9. The van der Waals surface area contributed by atoms with E-state index < -0.39 is 17.1 Å². The molecule has 9 nitrogen and oxygen atoms in total. The van der Waals surface area contributed by atoms with Crippen LogP contribution in [0.2, 0.25) is 0 Å². The molecule has 5 aromatic rings. The van der Waals surface area contributed by atoms with E-state index in [1.807, 2.05) is 30.3 Å². The quantitative estimate of drug-likeness (QED) is 0.379. The number of hydrogen-bond acceptors (Lipinski definition) is 5. The Hall–Kier alpha value is -4.02. The van der Waals surface area contributed by atoms with E-state index in [1.165, 1.54) is 15.2 Å². The second kappa shape index (κ2) is 8.89. The number of benzene rings is 2. The predicted octanol–water partition coefficient (Wildman–Crippen LogP) is 2.28. The average Bonchev–Trinajstić information content (AvgIpc) is 3.45. The molecule has 2 aromatic carbocycles. The minimum atomic E-state index is -0.428. The Labute approximate surface area is 205 Å². The summed E-state index contributed by atoms with van der Waals surface area (Å²) in [7, 11) is 1.60. The lowest BCUT2D eigenvalue weighted by Crippen LogP contribution is -2.44. The first kappa shape index (κ1) is 22.4. The molecule has 0 bridgehead atoms. The second-order valence-electron chi connectivity index (χ2n) is 8.87. The highest BCUT2D eigenvalue weighted by atomic mass is 19.1. The van der Waals surface area contributed by atoms with Crippen LogP contribution in [0.4, 0.5) is 4.39 Å². The molecule has 0 saturated carbocycles. The first-order chi connectivity index (χ1) is 17.5. The minimum absolute atomic E-state index is 0.257. The Bertz CT molecular complexity index is 1690. The Morgan fingerprint density at radius 1 is 0.972 bits per heavy atom. The summed E-state index contributed by atoms with van der Waals surface area (Å²) >= 11 is 0. The fourth-order valence-corrected chi connectivity index (χ4v) is 4.84. The fourth-order valence-electron chi connectivity index (χ4n) is 4.84. The molecule has 6 rings (SSSR count). The molecule has 184 valence electrons. The molecule has 0 amide bonds. The zero-order valence-corrected chi connectivity index (χ0v) is 19.8. The topological polar surface area (TPSA) is 78.7 Å². The summed E-state index contributed by atoms with van der Waals surface area (Å²) in [5.41, 5.74) is 1.52. The number of halogens is 1. The largest absolute Gasteiger partial charge is 0.379 e. The maximum absolute atomic E-state index is 15.0. The van der Waals surface area contributed by atoms with Crippen molar-refractivity contribution in [2.45, 2.75) is 6.54 Å². The molecular formula is C26H25FN6O3. The van der Waals surface area contributed by atoms with E-state index in [2.05, 4.69) is 9.88 Å². The van der Waals surface area contributed by atoms with Gasteiger partial charge in [0.05, 0.1) is 24.6 Å². The highest BCUT2D eigenvalue weighted by Gasteiger charge is 2.24. The van der Waals surface area contributed by atoms with Gasteiger partial charge in [0.1, 0.15) is 5.82 Å². The van der Waals surface area contributed by atoms with Crippen molar-refractivity contribution in [3.05, 3.63) is 87.4 Å². The lowest BCUT2D eigenvalue weighted by Gasteiger charge is -2.26. The third kappa shape index (κ3) is 3.57. The van der Waals surface area contributed by atoms with Crippen LogP contribution in [0, 0.1) is 5.82 Å². The van der Waals surface area contributed by atoms with Crippen LogP contribution in [0.5, 0.6) is 0 Å². The van der Waals surface area contributed by atoms with Gasteiger partial charge in [-0.3, -0.25) is 27.8 Å². The number of nitrogens with zero attached hydrogens (tertiary/aromatic N) is 6. The summed E-state index contributed by atoms with van der Waals surface area (Å²) in [6, 6.07) is 16.0. The van der Waals surface area contributed by atoms with Gasteiger partial charge < -0.3 is 4.74 Å². The minimum Gasteiger partial charge on any atom is -0.379 e. The van der Waals surface area contributed by atoms with Crippen LogP contribution in [0.15, 0.2) is 70.4 Å². The summed E-state index contributed by atoms with van der Waals surface area (Å²) in [6.07, 6.45) is 1.78. The number of para-hydroxylation sites is 1. The summed E-state index contributed by atoms with van der Waals surface area (Å²) < 4.78 is 26.4. The van der Waals surface area contributed by atoms with E-state index in [-0.39, 0.29) is 17.7 Å². The van der Waals surface area contributed by atoms with Gasteiger partial charge in [0.15, 0.2) is 11.2 Å². The summed E-state index contributed by atoms with van der Waals surface area (Å²) in [4.78, 5) is 33.7. The Kier molecular flexibility index (Phi) is 5.54. The monoisotopic (exact) mass is 488 g/mol. The smallest absolute Gasteiger partial charge is 0.332 e. The Morgan fingerprint density at radius 3 is 2.44 bits per heavy atom. The van der Waals surface area contributed by atoms with Gasteiger partial charge >= 0.3 is 5.69 Å².